The molecular formula is C19H23N3O2S. The van der Waals surface area contributed by atoms with Crippen molar-refractivity contribution in [3.8, 4) is 0 Å². The first-order valence-corrected chi connectivity index (χ1v) is 9.55. The summed E-state index contributed by atoms with van der Waals surface area (Å²) < 4.78 is 0. The van der Waals surface area contributed by atoms with Crippen molar-refractivity contribution in [2.45, 2.75) is 56.9 Å². The van der Waals surface area contributed by atoms with Gasteiger partial charge in [0, 0.05) is 11.3 Å². The number of carbonyl (C=O) groups is 1. The van der Waals surface area contributed by atoms with E-state index >= 15 is 0 Å². The Morgan fingerprint density at radius 3 is 2.96 bits per heavy atom. The van der Waals surface area contributed by atoms with Gasteiger partial charge in [-0.05, 0) is 50.7 Å². The molecule has 2 aromatic rings. The zero-order chi connectivity index (χ0) is 18.0. The predicted molar refractivity (Wildman–Crippen MR) is 101 cm³/mol. The number of carbonyl (C=O) groups excluding carboxylic acids is 1. The van der Waals surface area contributed by atoms with Gasteiger partial charge in [0.25, 0.3) is 5.56 Å². The van der Waals surface area contributed by atoms with Crippen molar-refractivity contribution in [2.24, 2.45) is 0 Å². The van der Waals surface area contributed by atoms with Gasteiger partial charge in [0.2, 0.25) is 5.91 Å². The number of rotatable bonds is 5. The summed E-state index contributed by atoms with van der Waals surface area (Å²) in [7, 11) is 0. The SMILES string of the molecule is CCc1cccc(C)c1NC(=O)[C@@H](C)Sc1nc2c(c(=O)[nH]1)CCC2. The molecule has 1 heterocycles. The molecule has 0 aliphatic heterocycles. The van der Waals surface area contributed by atoms with Crippen molar-refractivity contribution in [2.75, 3.05) is 5.32 Å². The second-order valence-corrected chi connectivity index (χ2v) is 7.69. The lowest BCUT2D eigenvalue weighted by Crippen LogP contribution is -2.24. The Morgan fingerprint density at radius 2 is 2.20 bits per heavy atom. The Labute approximate surface area is 151 Å². The van der Waals surface area contributed by atoms with Crippen molar-refractivity contribution in [1.29, 1.82) is 0 Å². The van der Waals surface area contributed by atoms with E-state index in [1.165, 1.54) is 11.8 Å². The summed E-state index contributed by atoms with van der Waals surface area (Å²) in [6.45, 7) is 5.89. The largest absolute Gasteiger partial charge is 0.325 e. The highest BCUT2D eigenvalue weighted by Crippen LogP contribution is 2.25. The summed E-state index contributed by atoms with van der Waals surface area (Å²) in [5.74, 6) is -0.0860. The highest BCUT2D eigenvalue weighted by Gasteiger charge is 2.21. The molecule has 6 heteroatoms. The molecule has 1 aromatic carbocycles. The van der Waals surface area contributed by atoms with Gasteiger partial charge in [0.15, 0.2) is 5.16 Å². The Morgan fingerprint density at radius 1 is 1.40 bits per heavy atom. The second-order valence-electron chi connectivity index (χ2n) is 6.36. The van der Waals surface area contributed by atoms with Gasteiger partial charge in [0.1, 0.15) is 0 Å². The van der Waals surface area contributed by atoms with Gasteiger partial charge in [0.05, 0.1) is 10.9 Å². The number of aryl methyl sites for hydroxylation is 3. The van der Waals surface area contributed by atoms with Crippen LogP contribution in [0.25, 0.3) is 0 Å². The normalized spacial score (nSPS) is 14.2. The van der Waals surface area contributed by atoms with Gasteiger partial charge in [-0.25, -0.2) is 4.98 Å². The molecule has 0 saturated carbocycles. The Kier molecular flexibility index (Phi) is 5.27. The number of fused-ring (bicyclic) bond motifs is 1. The number of anilines is 1. The van der Waals surface area contributed by atoms with E-state index in [-0.39, 0.29) is 16.7 Å². The molecule has 0 bridgehead atoms. The van der Waals surface area contributed by atoms with Crippen LogP contribution in [0.4, 0.5) is 5.69 Å². The van der Waals surface area contributed by atoms with Crippen LogP contribution in [-0.2, 0) is 24.1 Å². The first-order chi connectivity index (χ1) is 12.0. The van der Waals surface area contributed by atoms with Gasteiger partial charge in [-0.3, -0.25) is 9.59 Å². The van der Waals surface area contributed by atoms with Crippen LogP contribution >= 0.6 is 11.8 Å². The van der Waals surface area contributed by atoms with E-state index in [0.717, 1.165) is 53.8 Å². The van der Waals surface area contributed by atoms with E-state index in [1.807, 2.05) is 32.0 Å². The predicted octanol–water partition coefficient (Wildman–Crippen LogP) is 3.25. The van der Waals surface area contributed by atoms with Gasteiger partial charge >= 0.3 is 0 Å². The number of hydrogen-bond donors (Lipinski definition) is 2. The minimum atomic E-state index is -0.355. The highest BCUT2D eigenvalue weighted by molar-refractivity contribution is 8.00. The van der Waals surface area contributed by atoms with Crippen LogP contribution in [0.5, 0.6) is 0 Å². The zero-order valence-corrected chi connectivity index (χ0v) is 15.6. The van der Waals surface area contributed by atoms with E-state index in [1.54, 1.807) is 0 Å². The number of nitrogens with zero attached hydrogens (tertiary/aromatic N) is 1. The van der Waals surface area contributed by atoms with Gasteiger partial charge < -0.3 is 10.3 Å². The molecule has 3 rings (SSSR count). The van der Waals surface area contributed by atoms with E-state index in [0.29, 0.717) is 5.16 Å². The average Bonchev–Trinajstić information content (AvgIpc) is 3.05. The lowest BCUT2D eigenvalue weighted by atomic mass is 10.1. The number of amides is 1. The van der Waals surface area contributed by atoms with Crippen LogP contribution in [0.1, 0.15) is 42.7 Å². The molecule has 1 atom stereocenters. The third-order valence-corrected chi connectivity index (χ3v) is 5.55. The second kappa shape index (κ2) is 7.44. The summed E-state index contributed by atoms with van der Waals surface area (Å²) in [5.41, 5.74) is 4.67. The van der Waals surface area contributed by atoms with Crippen molar-refractivity contribution in [3.63, 3.8) is 0 Å². The monoisotopic (exact) mass is 357 g/mol. The minimum Gasteiger partial charge on any atom is -0.325 e. The highest BCUT2D eigenvalue weighted by atomic mass is 32.2. The maximum Gasteiger partial charge on any atom is 0.254 e. The maximum absolute atomic E-state index is 12.6. The van der Waals surface area contributed by atoms with Crippen LogP contribution in [0.3, 0.4) is 0 Å². The molecule has 0 spiro atoms. The summed E-state index contributed by atoms with van der Waals surface area (Å²) in [4.78, 5) is 32.0. The molecule has 25 heavy (non-hydrogen) atoms. The van der Waals surface area contributed by atoms with Crippen molar-refractivity contribution >= 4 is 23.4 Å². The lowest BCUT2D eigenvalue weighted by Gasteiger charge is -2.16. The Hall–Kier alpha value is -2.08. The van der Waals surface area contributed by atoms with Crippen LogP contribution < -0.4 is 10.9 Å². The van der Waals surface area contributed by atoms with Gasteiger partial charge in [-0.2, -0.15) is 0 Å². The summed E-state index contributed by atoms with van der Waals surface area (Å²) >= 11 is 1.29. The van der Waals surface area contributed by atoms with E-state index < -0.39 is 0 Å². The third kappa shape index (κ3) is 3.79. The molecule has 1 aliphatic rings. The number of H-pyrrole nitrogens is 1. The molecule has 0 saturated heterocycles. The number of para-hydroxylation sites is 1. The molecule has 1 aliphatic carbocycles. The molecule has 132 valence electrons. The van der Waals surface area contributed by atoms with E-state index in [4.69, 9.17) is 0 Å². The van der Waals surface area contributed by atoms with Crippen molar-refractivity contribution < 1.29 is 4.79 Å². The maximum atomic E-state index is 12.6. The summed E-state index contributed by atoms with van der Waals surface area (Å²) in [5, 5.41) is 3.20. The minimum absolute atomic E-state index is 0.0650. The first-order valence-electron chi connectivity index (χ1n) is 8.67. The smallest absolute Gasteiger partial charge is 0.254 e. The fourth-order valence-corrected chi connectivity index (χ4v) is 3.94. The Bertz CT molecular complexity index is 860. The number of benzene rings is 1. The van der Waals surface area contributed by atoms with E-state index in [2.05, 4.69) is 22.2 Å². The molecule has 0 radical (unpaired) electrons. The lowest BCUT2D eigenvalue weighted by molar-refractivity contribution is -0.115. The van der Waals surface area contributed by atoms with Crippen molar-refractivity contribution in [3.05, 3.63) is 50.9 Å². The molecule has 0 fully saturated rings. The molecule has 5 nitrogen and oxygen atoms in total. The third-order valence-electron chi connectivity index (χ3n) is 4.57. The fraction of sp³-hybridized carbons (Fsp3) is 0.421. The van der Waals surface area contributed by atoms with Gasteiger partial charge in [-0.1, -0.05) is 36.9 Å². The topological polar surface area (TPSA) is 74.8 Å². The fourth-order valence-electron chi connectivity index (χ4n) is 3.12. The molecule has 1 aromatic heterocycles. The summed E-state index contributed by atoms with van der Waals surface area (Å²) in [6, 6.07) is 6.02. The van der Waals surface area contributed by atoms with Crippen LogP contribution in [0.15, 0.2) is 28.2 Å². The van der Waals surface area contributed by atoms with E-state index in [9.17, 15) is 9.59 Å². The number of hydrogen-bond acceptors (Lipinski definition) is 4. The molecule has 2 N–H and O–H groups in total. The zero-order valence-electron chi connectivity index (χ0n) is 14.8. The Balaban J connectivity index is 1.74. The number of nitrogens with one attached hydrogen (secondary N) is 2. The quantitative estimate of drug-likeness (QED) is 0.636. The first kappa shape index (κ1) is 17.7. The standard InChI is InChI=1S/C19H23N3O2S/c1-4-13-8-5-7-11(2)16(13)21-17(23)12(3)25-19-20-15-10-6-9-14(15)18(24)22-19/h5,7-8,12H,4,6,9-10H2,1-3H3,(H,21,23)(H,20,22,24)/t12-/m1/s1. The van der Waals surface area contributed by atoms with Crippen LogP contribution in [-0.4, -0.2) is 21.1 Å². The van der Waals surface area contributed by atoms with Crippen LogP contribution in [0.2, 0.25) is 0 Å². The number of aromatic nitrogens is 2. The van der Waals surface area contributed by atoms with Crippen molar-refractivity contribution in [1.82, 2.24) is 9.97 Å². The molecule has 1 amide bonds. The van der Waals surface area contributed by atoms with Gasteiger partial charge in [-0.15, -0.1) is 0 Å². The number of aromatic amines is 1. The average molecular weight is 357 g/mol. The number of thioether (sulfide) groups is 1. The van der Waals surface area contributed by atoms with Crippen LogP contribution in [0, 0.1) is 6.92 Å². The summed E-state index contributed by atoms with van der Waals surface area (Å²) in [6.07, 6.45) is 3.48. The molecule has 0 unspecified atom stereocenters. The molecular weight excluding hydrogens is 334 g/mol.